The van der Waals surface area contributed by atoms with Gasteiger partial charge in [0.25, 0.3) is 5.91 Å². The molecule has 1 saturated heterocycles. The molecular formula is C33H46N4O10Si. The lowest BCUT2D eigenvalue weighted by molar-refractivity contribution is -0.274. The quantitative estimate of drug-likeness (QED) is 0.146. The SMILES string of the molecule is COc1ccc([Si](C)(C)C(CCn2cc(CCO)nn2)[C@@H]2Oc3ccc(NC(=O)[C@H]4O[C@@H](O)[C@H](O)[C@@H](O)[C@@H]4O)cc3[C@H](OC)[C@H]2C)cc1. The molecule has 2 aromatic carbocycles. The number of nitrogens with one attached hydrogen (secondary N) is 1. The molecule has 1 fully saturated rings. The zero-order chi connectivity index (χ0) is 34.7. The number of aromatic nitrogens is 3. The number of ether oxygens (including phenoxy) is 4. The van der Waals surface area contributed by atoms with Crippen molar-refractivity contribution in [2.45, 2.75) is 87.9 Å². The summed E-state index contributed by atoms with van der Waals surface area (Å²) in [7, 11) is 1.02. The molecule has 5 rings (SSSR count). The highest BCUT2D eigenvalue weighted by Gasteiger charge is 2.48. The molecule has 0 spiro atoms. The summed E-state index contributed by atoms with van der Waals surface area (Å²) < 4.78 is 25.2. The van der Waals surface area contributed by atoms with E-state index in [1.165, 1.54) is 5.19 Å². The largest absolute Gasteiger partial charge is 0.497 e. The zero-order valence-corrected chi connectivity index (χ0v) is 28.8. The van der Waals surface area contributed by atoms with Crippen LogP contribution in [-0.2, 0) is 27.2 Å². The van der Waals surface area contributed by atoms with Gasteiger partial charge in [0, 0.05) is 50.0 Å². The van der Waals surface area contributed by atoms with Gasteiger partial charge in [0.05, 0.1) is 27.0 Å². The van der Waals surface area contributed by atoms with E-state index in [2.05, 4.69) is 47.8 Å². The Labute approximate surface area is 280 Å². The van der Waals surface area contributed by atoms with Gasteiger partial charge in [0.15, 0.2) is 12.4 Å². The average molecular weight is 687 g/mol. The van der Waals surface area contributed by atoms with Crippen LogP contribution in [0.3, 0.4) is 0 Å². The number of hydrogen-bond acceptors (Lipinski definition) is 12. The fourth-order valence-corrected chi connectivity index (χ4v) is 10.4. The number of aliphatic hydroxyl groups excluding tert-OH is 5. The van der Waals surface area contributed by atoms with E-state index in [4.69, 9.17) is 18.9 Å². The van der Waals surface area contributed by atoms with Crippen LogP contribution in [0.5, 0.6) is 11.5 Å². The summed E-state index contributed by atoms with van der Waals surface area (Å²) in [6, 6.07) is 13.4. The van der Waals surface area contributed by atoms with Gasteiger partial charge in [0.1, 0.15) is 35.9 Å². The minimum Gasteiger partial charge on any atom is -0.497 e. The number of rotatable bonds is 12. The monoisotopic (exact) mass is 686 g/mol. The van der Waals surface area contributed by atoms with Crippen LogP contribution in [-0.4, -0.2) is 112 Å². The molecule has 2 aliphatic rings. The van der Waals surface area contributed by atoms with Gasteiger partial charge in [-0.2, -0.15) is 0 Å². The van der Waals surface area contributed by atoms with E-state index in [0.717, 1.165) is 23.4 Å². The highest BCUT2D eigenvalue weighted by atomic mass is 28.3. The second-order valence-corrected chi connectivity index (χ2v) is 17.8. The molecule has 1 amide bonds. The van der Waals surface area contributed by atoms with Crippen molar-refractivity contribution in [1.82, 2.24) is 15.0 Å². The summed E-state index contributed by atoms with van der Waals surface area (Å²) in [5.74, 6) is 0.486. The van der Waals surface area contributed by atoms with Crippen LogP contribution in [0.15, 0.2) is 48.7 Å². The third kappa shape index (κ3) is 7.28. The van der Waals surface area contributed by atoms with Gasteiger partial charge >= 0.3 is 0 Å². The van der Waals surface area contributed by atoms with Crippen LogP contribution in [0.4, 0.5) is 5.69 Å². The van der Waals surface area contributed by atoms with Crippen molar-refractivity contribution in [1.29, 1.82) is 0 Å². The van der Waals surface area contributed by atoms with Crippen molar-refractivity contribution in [3.8, 4) is 11.5 Å². The Morgan fingerprint density at radius 3 is 2.46 bits per heavy atom. The van der Waals surface area contributed by atoms with Gasteiger partial charge < -0.3 is 49.8 Å². The number of methoxy groups -OCH3 is 2. The number of hydrogen-bond donors (Lipinski definition) is 6. The third-order valence-electron chi connectivity index (χ3n) is 9.72. The summed E-state index contributed by atoms with van der Waals surface area (Å²) in [4.78, 5) is 13.0. The first kappa shape index (κ1) is 35.9. The maximum absolute atomic E-state index is 13.0. The van der Waals surface area contributed by atoms with Gasteiger partial charge in [-0.1, -0.05) is 42.6 Å². The fourth-order valence-electron chi connectivity index (χ4n) is 6.87. The number of amides is 1. The standard InChI is InChI=1S/C33H46N4O10Si/c1-18-29(45-3)23-16-19(34-32(42)31-27(40)26(39)28(41)33(43)47-31)6-11-24(23)46-30(18)25(12-14-37-17-20(13-15-38)35-36-37)48(4,5)22-9-7-21(44-2)8-10-22/h6-11,16-18,25-31,33,38-41,43H,12-15H2,1-5H3,(H,34,42)/t18-,25?,26+,27+,28-,29-,30-,31+,33-/m1/s1. The van der Waals surface area contributed by atoms with Crippen molar-refractivity contribution in [2.24, 2.45) is 5.92 Å². The zero-order valence-electron chi connectivity index (χ0n) is 27.8. The van der Waals surface area contributed by atoms with E-state index in [-0.39, 0.29) is 24.2 Å². The van der Waals surface area contributed by atoms with Crippen LogP contribution < -0.4 is 20.0 Å². The summed E-state index contributed by atoms with van der Waals surface area (Å²) in [6.45, 7) is 7.36. The lowest BCUT2D eigenvalue weighted by Crippen LogP contribution is -2.60. The molecule has 0 saturated carbocycles. The minimum absolute atomic E-state index is 0.00205. The van der Waals surface area contributed by atoms with Crippen LogP contribution >= 0.6 is 0 Å². The number of anilines is 1. The summed E-state index contributed by atoms with van der Waals surface area (Å²) in [6.07, 6.45) is -6.28. The Morgan fingerprint density at radius 1 is 1.06 bits per heavy atom. The number of aliphatic hydroxyl groups is 5. The topological polar surface area (TPSA) is 198 Å². The van der Waals surface area contributed by atoms with E-state index in [9.17, 15) is 30.3 Å². The first-order chi connectivity index (χ1) is 22.9. The predicted molar refractivity (Wildman–Crippen MR) is 177 cm³/mol. The number of carbonyl (C=O) groups is 1. The predicted octanol–water partition coefficient (Wildman–Crippen LogP) is 0.721. The molecule has 0 radical (unpaired) electrons. The normalized spacial score (nSPS) is 27.9. The van der Waals surface area contributed by atoms with Crippen LogP contribution in [0.25, 0.3) is 0 Å². The Morgan fingerprint density at radius 2 is 1.79 bits per heavy atom. The number of nitrogens with zero attached hydrogens (tertiary/aromatic N) is 3. The molecule has 3 aromatic rings. The summed E-state index contributed by atoms with van der Waals surface area (Å²) in [5.41, 5.74) is 1.92. The van der Waals surface area contributed by atoms with E-state index in [1.807, 2.05) is 23.0 Å². The number of benzene rings is 2. The van der Waals surface area contributed by atoms with Gasteiger partial charge in [-0.3, -0.25) is 9.48 Å². The molecule has 0 bridgehead atoms. The molecule has 6 N–H and O–H groups in total. The Balaban J connectivity index is 1.42. The number of carbonyl (C=O) groups excluding carboxylic acids is 1. The second kappa shape index (κ2) is 15.0. The molecule has 2 aliphatic heterocycles. The average Bonchev–Trinajstić information content (AvgIpc) is 3.53. The molecular weight excluding hydrogens is 640 g/mol. The van der Waals surface area contributed by atoms with E-state index in [1.54, 1.807) is 32.4 Å². The maximum atomic E-state index is 13.0. The Bertz CT molecular complexity index is 1540. The van der Waals surface area contributed by atoms with Gasteiger partial charge in [-0.05, 0) is 42.3 Å². The molecule has 48 heavy (non-hydrogen) atoms. The second-order valence-electron chi connectivity index (χ2n) is 13.1. The maximum Gasteiger partial charge on any atom is 0.256 e. The smallest absolute Gasteiger partial charge is 0.256 e. The number of aryl methyl sites for hydroxylation is 1. The fraction of sp³-hybridized carbons (Fsp3) is 0.545. The van der Waals surface area contributed by atoms with Crippen LogP contribution in [0.1, 0.15) is 30.7 Å². The van der Waals surface area contributed by atoms with Gasteiger partial charge in [-0.25, -0.2) is 0 Å². The van der Waals surface area contributed by atoms with Crippen molar-refractivity contribution in [2.75, 3.05) is 26.1 Å². The molecule has 262 valence electrons. The van der Waals surface area contributed by atoms with Crippen molar-refractivity contribution >= 4 is 24.9 Å². The van der Waals surface area contributed by atoms with E-state index >= 15 is 0 Å². The molecule has 1 aromatic heterocycles. The molecule has 0 aliphatic carbocycles. The van der Waals surface area contributed by atoms with Crippen molar-refractivity contribution < 1.29 is 49.3 Å². The van der Waals surface area contributed by atoms with E-state index < -0.39 is 50.8 Å². The third-order valence-corrected chi connectivity index (χ3v) is 14.0. The van der Waals surface area contributed by atoms with Crippen LogP contribution in [0.2, 0.25) is 18.6 Å². The first-order valence-electron chi connectivity index (χ1n) is 16.1. The van der Waals surface area contributed by atoms with E-state index in [0.29, 0.717) is 24.4 Å². The van der Waals surface area contributed by atoms with Gasteiger partial charge in [-0.15, -0.1) is 5.10 Å². The molecule has 9 atom stereocenters. The van der Waals surface area contributed by atoms with Crippen LogP contribution in [0, 0.1) is 5.92 Å². The lowest BCUT2D eigenvalue weighted by Gasteiger charge is -2.46. The molecule has 1 unspecified atom stereocenters. The highest BCUT2D eigenvalue weighted by Crippen LogP contribution is 2.48. The minimum atomic E-state index is -2.27. The summed E-state index contributed by atoms with van der Waals surface area (Å²) >= 11 is 0. The summed E-state index contributed by atoms with van der Waals surface area (Å²) in [5, 5.41) is 61.7. The van der Waals surface area contributed by atoms with Crippen molar-refractivity contribution in [3.63, 3.8) is 0 Å². The van der Waals surface area contributed by atoms with Gasteiger partial charge in [0.2, 0.25) is 0 Å². The Kier molecular flexibility index (Phi) is 11.2. The Hall–Kier alpha value is -3.41. The molecule has 3 heterocycles. The first-order valence-corrected chi connectivity index (χ1v) is 19.1. The van der Waals surface area contributed by atoms with Crippen molar-refractivity contribution in [3.05, 3.63) is 59.9 Å². The lowest BCUT2D eigenvalue weighted by atomic mass is 9.86. The highest BCUT2D eigenvalue weighted by molar-refractivity contribution is 6.91. The molecule has 14 nitrogen and oxygen atoms in total. The molecule has 15 heteroatoms. The number of fused-ring (bicyclic) bond motifs is 1.